The van der Waals surface area contributed by atoms with Gasteiger partial charge in [0.15, 0.2) is 0 Å². The molecule has 0 amide bonds. The summed E-state index contributed by atoms with van der Waals surface area (Å²) in [5.74, 6) is -0.718. The summed E-state index contributed by atoms with van der Waals surface area (Å²) in [6.45, 7) is 11.1. The van der Waals surface area contributed by atoms with Gasteiger partial charge in [0.1, 0.15) is 11.4 Å². The van der Waals surface area contributed by atoms with Gasteiger partial charge in [-0.3, -0.25) is 9.71 Å². The molecule has 0 aromatic heterocycles. The first-order valence-electron chi connectivity index (χ1n) is 10.1. The van der Waals surface area contributed by atoms with Gasteiger partial charge in [-0.2, -0.15) is 0 Å². The third kappa shape index (κ3) is 7.36. The van der Waals surface area contributed by atoms with Crippen molar-refractivity contribution in [2.75, 3.05) is 6.61 Å². The zero-order valence-corrected chi connectivity index (χ0v) is 19.7. The molecule has 0 fully saturated rings. The minimum atomic E-state index is -3.97. The predicted molar refractivity (Wildman–Crippen MR) is 124 cm³/mol. The van der Waals surface area contributed by atoms with E-state index in [1.807, 2.05) is 58.9 Å². The van der Waals surface area contributed by atoms with Crippen LogP contribution < -0.4 is 4.72 Å². The number of aryl methyl sites for hydroxylation is 2. The highest BCUT2D eigenvalue weighted by Crippen LogP contribution is 2.17. The number of hydrogen-bond donors (Lipinski definition) is 1. The molecule has 0 saturated heterocycles. The Hall–Kier alpha value is -2.93. The maximum absolute atomic E-state index is 13.1. The van der Waals surface area contributed by atoms with Gasteiger partial charge < -0.3 is 4.74 Å². The normalized spacial score (nSPS) is 13.1. The number of hydrogen-bond acceptors (Lipinski definition) is 5. The highest BCUT2D eigenvalue weighted by atomic mass is 32.2. The molecule has 1 N–H and O–H groups in total. The molecule has 0 aliphatic carbocycles. The fraction of sp³-hybridized carbons (Fsp3) is 0.333. The SMILES string of the molecule is CCOC(=O)/C(=C/c1ccc(C)cc1)C(=NC(C)(C)C)NS(=O)(=O)c1ccc(C)cc1. The lowest BCUT2D eigenvalue weighted by molar-refractivity contribution is -0.137. The quantitative estimate of drug-likeness (QED) is 0.310. The molecular weight excluding hydrogens is 412 g/mol. The Kier molecular flexibility index (Phi) is 7.79. The number of ether oxygens (including phenoxy) is 1. The number of nitrogens with one attached hydrogen (secondary N) is 1. The Labute approximate surface area is 185 Å². The lowest BCUT2D eigenvalue weighted by Crippen LogP contribution is -2.36. The van der Waals surface area contributed by atoms with Gasteiger partial charge in [0.25, 0.3) is 10.0 Å². The van der Waals surface area contributed by atoms with Crippen molar-refractivity contribution >= 4 is 27.9 Å². The van der Waals surface area contributed by atoms with Crippen LogP contribution in [0.25, 0.3) is 6.08 Å². The van der Waals surface area contributed by atoms with E-state index in [1.54, 1.807) is 25.1 Å². The number of sulfonamides is 1. The van der Waals surface area contributed by atoms with Gasteiger partial charge >= 0.3 is 5.97 Å². The first-order chi connectivity index (χ1) is 14.4. The molecule has 6 nitrogen and oxygen atoms in total. The molecule has 166 valence electrons. The lowest BCUT2D eigenvalue weighted by atomic mass is 10.1. The lowest BCUT2D eigenvalue weighted by Gasteiger charge is -2.19. The van der Waals surface area contributed by atoms with Crippen molar-refractivity contribution in [3.63, 3.8) is 0 Å². The van der Waals surface area contributed by atoms with Crippen molar-refractivity contribution in [1.29, 1.82) is 0 Å². The Balaban J connectivity index is 2.60. The van der Waals surface area contributed by atoms with Crippen LogP contribution in [0.3, 0.4) is 0 Å². The van der Waals surface area contributed by atoms with E-state index in [4.69, 9.17) is 4.74 Å². The van der Waals surface area contributed by atoms with Gasteiger partial charge in [0, 0.05) is 0 Å². The van der Waals surface area contributed by atoms with Crippen LogP contribution in [-0.2, 0) is 19.6 Å². The second kappa shape index (κ2) is 9.92. The average Bonchev–Trinajstić information content (AvgIpc) is 2.66. The van der Waals surface area contributed by atoms with Crippen molar-refractivity contribution in [2.24, 2.45) is 4.99 Å². The van der Waals surface area contributed by atoms with Crippen LogP contribution in [-0.4, -0.2) is 32.4 Å². The maximum Gasteiger partial charge on any atom is 0.341 e. The highest BCUT2D eigenvalue weighted by molar-refractivity contribution is 7.90. The topological polar surface area (TPSA) is 84.8 Å². The summed E-state index contributed by atoms with van der Waals surface area (Å²) in [6.07, 6.45) is 1.58. The van der Waals surface area contributed by atoms with Crippen LogP contribution in [0, 0.1) is 13.8 Å². The maximum atomic E-state index is 13.1. The minimum Gasteiger partial charge on any atom is -0.462 e. The number of rotatable bonds is 6. The predicted octanol–water partition coefficient (Wildman–Crippen LogP) is 4.43. The van der Waals surface area contributed by atoms with E-state index in [0.717, 1.165) is 16.7 Å². The molecule has 0 saturated carbocycles. The fourth-order valence-corrected chi connectivity index (χ4v) is 3.66. The number of aliphatic imine (C=N–C) groups is 1. The summed E-state index contributed by atoms with van der Waals surface area (Å²) in [5.41, 5.74) is 2.12. The van der Waals surface area contributed by atoms with E-state index >= 15 is 0 Å². The third-order valence-electron chi connectivity index (χ3n) is 4.15. The second-order valence-corrected chi connectivity index (χ2v) is 9.92. The second-order valence-electron chi connectivity index (χ2n) is 8.24. The smallest absolute Gasteiger partial charge is 0.341 e. The summed E-state index contributed by atoms with van der Waals surface area (Å²) in [4.78, 5) is 17.4. The summed E-state index contributed by atoms with van der Waals surface area (Å²) in [5, 5.41) is 0. The van der Waals surface area contributed by atoms with Gasteiger partial charge in [0.05, 0.1) is 17.0 Å². The molecule has 0 aliphatic rings. The van der Waals surface area contributed by atoms with E-state index < -0.39 is 21.5 Å². The molecule has 0 atom stereocenters. The van der Waals surface area contributed by atoms with Crippen molar-refractivity contribution in [3.05, 3.63) is 70.8 Å². The van der Waals surface area contributed by atoms with Gasteiger partial charge in [-0.1, -0.05) is 47.5 Å². The Morgan fingerprint density at radius 1 is 1.00 bits per heavy atom. The number of carbonyl (C=O) groups excluding carboxylic acids is 1. The van der Waals surface area contributed by atoms with Crippen LogP contribution in [0.2, 0.25) is 0 Å². The summed E-state index contributed by atoms with van der Waals surface area (Å²) in [6, 6.07) is 14.0. The van der Waals surface area contributed by atoms with Crippen LogP contribution in [0.15, 0.2) is 64.0 Å². The summed E-state index contributed by atoms with van der Waals surface area (Å²) >= 11 is 0. The average molecular weight is 443 g/mol. The van der Waals surface area contributed by atoms with Crippen molar-refractivity contribution < 1.29 is 17.9 Å². The Morgan fingerprint density at radius 2 is 1.52 bits per heavy atom. The van der Waals surface area contributed by atoms with Crippen LogP contribution in [0.4, 0.5) is 0 Å². The molecule has 0 radical (unpaired) electrons. The van der Waals surface area contributed by atoms with Crippen molar-refractivity contribution in [3.8, 4) is 0 Å². The van der Waals surface area contributed by atoms with Crippen molar-refractivity contribution in [1.82, 2.24) is 4.72 Å². The molecule has 0 aliphatic heterocycles. The summed E-state index contributed by atoms with van der Waals surface area (Å²) in [7, 11) is -3.97. The molecule has 0 heterocycles. The van der Waals surface area contributed by atoms with Gasteiger partial charge in [-0.15, -0.1) is 0 Å². The highest BCUT2D eigenvalue weighted by Gasteiger charge is 2.26. The first-order valence-corrected chi connectivity index (χ1v) is 11.5. The zero-order chi connectivity index (χ0) is 23.2. The molecule has 2 aromatic carbocycles. The fourth-order valence-electron chi connectivity index (χ4n) is 2.64. The molecular formula is C24H30N2O4S. The number of benzene rings is 2. The van der Waals surface area contributed by atoms with E-state index in [2.05, 4.69) is 9.71 Å². The largest absolute Gasteiger partial charge is 0.462 e. The number of esters is 1. The molecule has 0 unspecified atom stereocenters. The first kappa shape index (κ1) is 24.3. The molecule has 2 aromatic rings. The molecule has 2 rings (SSSR count). The zero-order valence-electron chi connectivity index (χ0n) is 18.9. The number of amidine groups is 1. The van der Waals surface area contributed by atoms with E-state index in [-0.39, 0.29) is 22.9 Å². The van der Waals surface area contributed by atoms with Crippen LogP contribution in [0.1, 0.15) is 44.4 Å². The standard InChI is InChI=1S/C24H30N2O4S/c1-7-30-23(27)21(16-19-12-8-17(2)9-13-19)22(25-24(4,5)6)26-31(28,29)20-14-10-18(3)11-15-20/h8-16H,7H2,1-6H3,(H,25,26)/b21-16+. The minimum absolute atomic E-state index is 0.0383. The van der Waals surface area contributed by atoms with E-state index in [1.165, 1.54) is 12.1 Å². The Morgan fingerprint density at radius 3 is 2.00 bits per heavy atom. The van der Waals surface area contributed by atoms with E-state index in [0.29, 0.717) is 0 Å². The van der Waals surface area contributed by atoms with Gasteiger partial charge in [-0.05, 0) is 65.3 Å². The molecule has 31 heavy (non-hydrogen) atoms. The van der Waals surface area contributed by atoms with Crippen molar-refractivity contribution in [2.45, 2.75) is 52.0 Å². The van der Waals surface area contributed by atoms with Gasteiger partial charge in [0.2, 0.25) is 0 Å². The van der Waals surface area contributed by atoms with Crippen LogP contribution in [0.5, 0.6) is 0 Å². The molecule has 0 bridgehead atoms. The molecule has 7 heteroatoms. The van der Waals surface area contributed by atoms with E-state index in [9.17, 15) is 13.2 Å². The van der Waals surface area contributed by atoms with Gasteiger partial charge in [-0.25, -0.2) is 13.2 Å². The monoisotopic (exact) mass is 442 g/mol. The molecule has 0 spiro atoms. The third-order valence-corrected chi connectivity index (χ3v) is 5.50. The van der Waals surface area contributed by atoms with Crippen LogP contribution >= 0.6 is 0 Å². The Bertz CT molecular complexity index is 1080. The number of nitrogens with zero attached hydrogens (tertiary/aromatic N) is 1. The summed E-state index contributed by atoms with van der Waals surface area (Å²) < 4.78 is 33.8. The number of carbonyl (C=O) groups is 1.